The van der Waals surface area contributed by atoms with Crippen LogP contribution < -0.4 is 0 Å². The van der Waals surface area contributed by atoms with Crippen molar-refractivity contribution in [3.05, 3.63) is 29.6 Å². The molecule has 100 valence electrons. The number of rotatable bonds is 5. The summed E-state index contributed by atoms with van der Waals surface area (Å²) in [7, 11) is 2.06. The SMILES string of the molecule is CCC(C#N)CN(C)Cc1ccc2nc(C)[nH]c2c1. The molecule has 0 aliphatic carbocycles. The van der Waals surface area contributed by atoms with E-state index >= 15 is 0 Å². The van der Waals surface area contributed by atoms with Crippen molar-refractivity contribution in [1.29, 1.82) is 5.26 Å². The molecule has 0 fully saturated rings. The molecule has 2 rings (SSSR count). The van der Waals surface area contributed by atoms with Gasteiger partial charge in [-0.3, -0.25) is 0 Å². The van der Waals surface area contributed by atoms with E-state index in [1.54, 1.807) is 0 Å². The third-order valence-electron chi connectivity index (χ3n) is 3.32. The summed E-state index contributed by atoms with van der Waals surface area (Å²) in [6.45, 7) is 5.69. The van der Waals surface area contributed by atoms with Gasteiger partial charge in [0.1, 0.15) is 5.82 Å². The van der Waals surface area contributed by atoms with E-state index in [2.05, 4.69) is 47.0 Å². The second-order valence-corrected chi connectivity index (χ2v) is 5.10. The van der Waals surface area contributed by atoms with Crippen molar-refractivity contribution in [2.45, 2.75) is 26.8 Å². The van der Waals surface area contributed by atoms with Crippen molar-refractivity contribution in [2.75, 3.05) is 13.6 Å². The van der Waals surface area contributed by atoms with Gasteiger partial charge < -0.3 is 9.88 Å². The minimum absolute atomic E-state index is 0.114. The highest BCUT2D eigenvalue weighted by molar-refractivity contribution is 5.75. The van der Waals surface area contributed by atoms with E-state index in [-0.39, 0.29) is 5.92 Å². The van der Waals surface area contributed by atoms with Gasteiger partial charge >= 0.3 is 0 Å². The van der Waals surface area contributed by atoms with Gasteiger partial charge in [-0.2, -0.15) is 5.26 Å². The van der Waals surface area contributed by atoms with Crippen LogP contribution in [0.1, 0.15) is 24.7 Å². The minimum atomic E-state index is 0.114. The monoisotopic (exact) mass is 256 g/mol. The Labute approximate surface area is 114 Å². The molecule has 19 heavy (non-hydrogen) atoms. The number of nitriles is 1. The first-order valence-electron chi connectivity index (χ1n) is 6.65. The third kappa shape index (κ3) is 3.33. The normalized spacial score (nSPS) is 12.8. The maximum Gasteiger partial charge on any atom is 0.104 e. The summed E-state index contributed by atoms with van der Waals surface area (Å²) >= 11 is 0. The lowest BCUT2D eigenvalue weighted by molar-refractivity contribution is 0.292. The average molecular weight is 256 g/mol. The number of benzene rings is 1. The summed E-state index contributed by atoms with van der Waals surface area (Å²) in [6.07, 6.45) is 0.902. The number of fused-ring (bicyclic) bond motifs is 1. The van der Waals surface area contributed by atoms with Gasteiger partial charge in [0.2, 0.25) is 0 Å². The van der Waals surface area contributed by atoms with E-state index < -0.39 is 0 Å². The molecule has 1 atom stereocenters. The van der Waals surface area contributed by atoms with Crippen LogP contribution in [-0.4, -0.2) is 28.5 Å². The first-order valence-corrected chi connectivity index (χ1v) is 6.65. The number of aryl methyl sites for hydroxylation is 1. The Morgan fingerprint density at radius 3 is 2.95 bits per heavy atom. The van der Waals surface area contributed by atoms with Gasteiger partial charge in [-0.1, -0.05) is 13.0 Å². The molecule has 0 bridgehead atoms. The van der Waals surface area contributed by atoms with Gasteiger partial charge in [0.15, 0.2) is 0 Å². The van der Waals surface area contributed by atoms with Gasteiger partial charge in [-0.05, 0) is 38.1 Å². The predicted molar refractivity (Wildman–Crippen MR) is 76.6 cm³/mol. The van der Waals surface area contributed by atoms with Crippen molar-refractivity contribution < 1.29 is 0 Å². The standard InChI is InChI=1S/C15H20N4/c1-4-12(8-16)9-19(3)10-13-5-6-14-15(7-13)18-11(2)17-14/h5-7,12H,4,9-10H2,1-3H3,(H,17,18). The molecule has 0 spiro atoms. The fourth-order valence-electron chi connectivity index (χ4n) is 2.30. The Balaban J connectivity index is 2.06. The van der Waals surface area contributed by atoms with Crippen molar-refractivity contribution >= 4 is 11.0 Å². The largest absolute Gasteiger partial charge is 0.342 e. The Bertz CT molecular complexity index is 594. The molecule has 0 saturated heterocycles. The van der Waals surface area contributed by atoms with Crippen LogP contribution in [0.25, 0.3) is 11.0 Å². The molecule has 0 radical (unpaired) electrons. The molecule has 4 heteroatoms. The Kier molecular flexibility index (Phi) is 4.18. The van der Waals surface area contributed by atoms with Crippen LogP contribution in [0.4, 0.5) is 0 Å². The first-order chi connectivity index (χ1) is 9.12. The first kappa shape index (κ1) is 13.6. The Morgan fingerprint density at radius 1 is 1.47 bits per heavy atom. The zero-order valence-corrected chi connectivity index (χ0v) is 11.8. The summed E-state index contributed by atoms with van der Waals surface area (Å²) in [6, 6.07) is 8.63. The zero-order chi connectivity index (χ0) is 13.8. The van der Waals surface area contributed by atoms with Crippen LogP contribution in [0.5, 0.6) is 0 Å². The summed E-state index contributed by atoms with van der Waals surface area (Å²) in [5.74, 6) is 1.05. The molecular formula is C15H20N4. The highest BCUT2D eigenvalue weighted by Gasteiger charge is 2.09. The highest BCUT2D eigenvalue weighted by atomic mass is 15.1. The summed E-state index contributed by atoms with van der Waals surface area (Å²) in [4.78, 5) is 9.85. The van der Waals surface area contributed by atoms with E-state index in [9.17, 15) is 0 Å². The lowest BCUT2D eigenvalue weighted by atomic mass is 10.1. The van der Waals surface area contributed by atoms with Gasteiger partial charge in [0, 0.05) is 13.1 Å². The van der Waals surface area contributed by atoms with E-state index in [4.69, 9.17) is 5.26 Å². The second-order valence-electron chi connectivity index (χ2n) is 5.10. The highest BCUT2D eigenvalue weighted by Crippen LogP contribution is 2.15. The summed E-state index contributed by atoms with van der Waals surface area (Å²) in [5.41, 5.74) is 3.33. The summed E-state index contributed by atoms with van der Waals surface area (Å²) < 4.78 is 0. The fraction of sp³-hybridized carbons (Fsp3) is 0.467. The van der Waals surface area contributed by atoms with Crippen LogP contribution in [-0.2, 0) is 6.54 Å². The van der Waals surface area contributed by atoms with Gasteiger partial charge in [0.25, 0.3) is 0 Å². The Morgan fingerprint density at radius 2 is 2.26 bits per heavy atom. The molecule has 1 N–H and O–H groups in total. The zero-order valence-electron chi connectivity index (χ0n) is 11.8. The molecule has 0 aliphatic rings. The maximum atomic E-state index is 9.00. The van der Waals surface area contributed by atoms with E-state index in [0.29, 0.717) is 0 Å². The number of nitrogens with zero attached hydrogens (tertiary/aromatic N) is 3. The number of H-pyrrole nitrogens is 1. The predicted octanol–water partition coefficient (Wildman–Crippen LogP) is 2.85. The lowest BCUT2D eigenvalue weighted by Crippen LogP contribution is -2.24. The molecule has 0 amide bonds. The Hall–Kier alpha value is -1.86. The fourth-order valence-corrected chi connectivity index (χ4v) is 2.30. The molecule has 4 nitrogen and oxygen atoms in total. The quantitative estimate of drug-likeness (QED) is 0.895. The molecule has 1 heterocycles. The minimum Gasteiger partial charge on any atom is -0.342 e. The second kappa shape index (κ2) is 5.85. The molecule has 1 aromatic carbocycles. The van der Waals surface area contributed by atoms with E-state index in [0.717, 1.165) is 36.4 Å². The van der Waals surface area contributed by atoms with Crippen molar-refractivity contribution in [3.63, 3.8) is 0 Å². The number of aromatic amines is 1. The van der Waals surface area contributed by atoms with E-state index in [1.807, 2.05) is 13.0 Å². The molecule has 0 saturated carbocycles. The average Bonchev–Trinajstić information content (AvgIpc) is 2.75. The summed E-state index contributed by atoms with van der Waals surface area (Å²) in [5, 5.41) is 9.00. The number of hydrogen-bond acceptors (Lipinski definition) is 3. The van der Waals surface area contributed by atoms with Crippen LogP contribution in [0, 0.1) is 24.2 Å². The van der Waals surface area contributed by atoms with Crippen molar-refractivity contribution in [2.24, 2.45) is 5.92 Å². The van der Waals surface area contributed by atoms with Gasteiger partial charge in [-0.15, -0.1) is 0 Å². The van der Waals surface area contributed by atoms with Crippen molar-refractivity contribution in [1.82, 2.24) is 14.9 Å². The molecular weight excluding hydrogens is 236 g/mol. The molecule has 1 aromatic heterocycles. The van der Waals surface area contributed by atoms with Crippen molar-refractivity contribution in [3.8, 4) is 6.07 Å². The number of hydrogen-bond donors (Lipinski definition) is 1. The van der Waals surface area contributed by atoms with E-state index in [1.165, 1.54) is 5.56 Å². The van der Waals surface area contributed by atoms with Gasteiger partial charge in [-0.25, -0.2) is 4.98 Å². The topological polar surface area (TPSA) is 55.7 Å². The molecule has 0 aliphatic heterocycles. The number of nitrogens with one attached hydrogen (secondary N) is 1. The van der Waals surface area contributed by atoms with Gasteiger partial charge in [0.05, 0.1) is 23.0 Å². The lowest BCUT2D eigenvalue weighted by Gasteiger charge is -2.19. The smallest absolute Gasteiger partial charge is 0.104 e. The van der Waals surface area contributed by atoms with Crippen LogP contribution in [0.2, 0.25) is 0 Å². The van der Waals surface area contributed by atoms with Crippen LogP contribution in [0.3, 0.4) is 0 Å². The molecule has 2 aromatic rings. The molecule has 1 unspecified atom stereocenters. The van der Waals surface area contributed by atoms with Crippen LogP contribution >= 0.6 is 0 Å². The number of imidazole rings is 1. The number of aromatic nitrogens is 2. The van der Waals surface area contributed by atoms with Crippen LogP contribution in [0.15, 0.2) is 18.2 Å². The third-order valence-corrected chi connectivity index (χ3v) is 3.32. The maximum absolute atomic E-state index is 9.00.